The van der Waals surface area contributed by atoms with Crippen LogP contribution in [0.1, 0.15) is 22.7 Å². The fourth-order valence-electron chi connectivity index (χ4n) is 2.32. The molecule has 2 aromatic heterocycles. The van der Waals surface area contributed by atoms with Gasteiger partial charge in [-0.3, -0.25) is 0 Å². The third kappa shape index (κ3) is 2.75. The Bertz CT molecular complexity index is 656. The van der Waals surface area contributed by atoms with Crippen LogP contribution in [0, 0.1) is 0 Å². The first-order valence-electron chi connectivity index (χ1n) is 6.05. The number of thiophene rings is 1. The van der Waals surface area contributed by atoms with E-state index in [0.29, 0.717) is 5.15 Å². The van der Waals surface area contributed by atoms with Crippen LogP contribution in [0.3, 0.4) is 0 Å². The van der Waals surface area contributed by atoms with Crippen molar-refractivity contribution < 1.29 is 17.9 Å². The first kappa shape index (κ1) is 14.0. The van der Waals surface area contributed by atoms with Gasteiger partial charge in [0.25, 0.3) is 0 Å². The first-order chi connectivity index (χ1) is 9.44. The summed E-state index contributed by atoms with van der Waals surface area (Å²) >= 11 is 7.67. The molecule has 0 bridgehead atoms. The highest BCUT2D eigenvalue weighted by atomic mass is 35.5. The van der Waals surface area contributed by atoms with Crippen LogP contribution in [-0.2, 0) is 24.2 Å². The number of hydrogen-bond acceptors (Lipinski definition) is 4. The molecular formula is C12H10ClF3N2OS. The molecule has 2 aromatic rings. The number of fused-ring (bicyclic) bond motifs is 3. The second kappa shape index (κ2) is 5.13. The lowest BCUT2D eigenvalue weighted by Gasteiger charge is -2.07. The molecule has 3 rings (SSSR count). The van der Waals surface area contributed by atoms with E-state index >= 15 is 0 Å². The summed E-state index contributed by atoms with van der Waals surface area (Å²) in [5.41, 5.74) is 1.19. The Kier molecular flexibility index (Phi) is 3.60. The molecule has 0 fully saturated rings. The molecule has 8 heteroatoms. The van der Waals surface area contributed by atoms with Crippen molar-refractivity contribution in [3.05, 3.63) is 21.4 Å². The summed E-state index contributed by atoms with van der Waals surface area (Å²) in [7, 11) is 0. The minimum absolute atomic E-state index is 0.187. The molecule has 0 saturated heterocycles. The summed E-state index contributed by atoms with van der Waals surface area (Å²) < 4.78 is 40.6. The summed E-state index contributed by atoms with van der Waals surface area (Å²) in [5.74, 6) is 0.187. The van der Waals surface area contributed by atoms with E-state index in [1.165, 1.54) is 10.4 Å². The Morgan fingerprint density at radius 1 is 1.25 bits per heavy atom. The second-order valence-corrected chi connectivity index (χ2v) is 6.02. The highest BCUT2D eigenvalue weighted by molar-refractivity contribution is 7.19. The SMILES string of the molecule is FC(F)(F)COCc1nc(Cl)c2c3c(sc2n1)CCC3. The van der Waals surface area contributed by atoms with E-state index in [-0.39, 0.29) is 12.4 Å². The number of alkyl halides is 3. The number of nitrogens with zero attached hydrogens (tertiary/aromatic N) is 2. The maximum atomic E-state index is 12.0. The highest BCUT2D eigenvalue weighted by Gasteiger charge is 2.28. The molecule has 2 heterocycles. The second-order valence-electron chi connectivity index (χ2n) is 4.58. The minimum atomic E-state index is -4.35. The van der Waals surface area contributed by atoms with Crippen LogP contribution in [0.5, 0.6) is 0 Å². The molecule has 0 spiro atoms. The van der Waals surface area contributed by atoms with Crippen LogP contribution in [0.2, 0.25) is 5.15 Å². The monoisotopic (exact) mass is 322 g/mol. The van der Waals surface area contributed by atoms with Crippen molar-refractivity contribution in [3.63, 3.8) is 0 Å². The number of aromatic nitrogens is 2. The Balaban J connectivity index is 1.84. The van der Waals surface area contributed by atoms with Crippen molar-refractivity contribution in [2.75, 3.05) is 6.61 Å². The molecule has 0 unspecified atom stereocenters. The van der Waals surface area contributed by atoms with E-state index in [1.54, 1.807) is 11.3 Å². The molecule has 0 radical (unpaired) electrons. The van der Waals surface area contributed by atoms with Gasteiger partial charge in [-0.05, 0) is 24.8 Å². The van der Waals surface area contributed by atoms with Gasteiger partial charge in [-0.15, -0.1) is 11.3 Å². The van der Waals surface area contributed by atoms with Gasteiger partial charge in [-0.25, -0.2) is 9.97 Å². The van der Waals surface area contributed by atoms with Crippen molar-refractivity contribution in [1.82, 2.24) is 9.97 Å². The number of hydrogen-bond donors (Lipinski definition) is 0. The molecule has 0 amide bonds. The van der Waals surface area contributed by atoms with E-state index in [9.17, 15) is 13.2 Å². The third-order valence-electron chi connectivity index (χ3n) is 3.06. The zero-order valence-corrected chi connectivity index (χ0v) is 11.8. The molecule has 0 atom stereocenters. The molecule has 0 aliphatic heterocycles. The van der Waals surface area contributed by atoms with Gasteiger partial charge in [0.05, 0.1) is 5.39 Å². The smallest absolute Gasteiger partial charge is 0.364 e. The van der Waals surface area contributed by atoms with Crippen LogP contribution in [0.4, 0.5) is 13.2 Å². The van der Waals surface area contributed by atoms with E-state index in [4.69, 9.17) is 11.6 Å². The maximum absolute atomic E-state index is 12.0. The largest absolute Gasteiger partial charge is 0.411 e. The molecule has 1 aliphatic carbocycles. The highest BCUT2D eigenvalue weighted by Crippen LogP contribution is 2.39. The van der Waals surface area contributed by atoms with Crippen LogP contribution >= 0.6 is 22.9 Å². The van der Waals surface area contributed by atoms with Crippen LogP contribution in [-0.4, -0.2) is 22.8 Å². The molecule has 3 nitrogen and oxygen atoms in total. The summed E-state index contributed by atoms with van der Waals surface area (Å²) in [5, 5.41) is 1.16. The van der Waals surface area contributed by atoms with Crippen LogP contribution in [0.25, 0.3) is 10.2 Å². The van der Waals surface area contributed by atoms with Crippen LogP contribution < -0.4 is 0 Å². The third-order valence-corrected chi connectivity index (χ3v) is 4.52. The lowest BCUT2D eigenvalue weighted by Crippen LogP contribution is -2.17. The minimum Gasteiger partial charge on any atom is -0.364 e. The summed E-state index contributed by atoms with van der Waals surface area (Å²) in [6.07, 6.45) is -1.28. The molecule has 20 heavy (non-hydrogen) atoms. The zero-order valence-electron chi connectivity index (χ0n) is 10.3. The predicted octanol–water partition coefficient (Wildman–Crippen LogP) is 3.91. The maximum Gasteiger partial charge on any atom is 0.411 e. The molecule has 0 N–H and O–H groups in total. The molecule has 1 aliphatic rings. The van der Waals surface area contributed by atoms with Crippen molar-refractivity contribution in [1.29, 1.82) is 0 Å². The van der Waals surface area contributed by atoms with Gasteiger partial charge in [0.2, 0.25) is 0 Å². The summed E-state index contributed by atoms with van der Waals surface area (Å²) in [6, 6.07) is 0. The van der Waals surface area contributed by atoms with Crippen molar-refractivity contribution in [2.45, 2.75) is 32.0 Å². The molecular weight excluding hydrogens is 313 g/mol. The van der Waals surface area contributed by atoms with Gasteiger partial charge in [0, 0.05) is 4.88 Å². The predicted molar refractivity (Wildman–Crippen MR) is 70.2 cm³/mol. The first-order valence-corrected chi connectivity index (χ1v) is 7.24. The van der Waals surface area contributed by atoms with Crippen molar-refractivity contribution in [2.24, 2.45) is 0 Å². The van der Waals surface area contributed by atoms with Gasteiger partial charge in [-0.2, -0.15) is 13.2 Å². The van der Waals surface area contributed by atoms with Gasteiger partial charge in [0.1, 0.15) is 23.2 Å². The van der Waals surface area contributed by atoms with Crippen molar-refractivity contribution in [3.8, 4) is 0 Å². The van der Waals surface area contributed by atoms with Gasteiger partial charge in [0.15, 0.2) is 5.82 Å². The van der Waals surface area contributed by atoms with Gasteiger partial charge in [-0.1, -0.05) is 11.6 Å². The van der Waals surface area contributed by atoms with E-state index in [2.05, 4.69) is 14.7 Å². The number of ether oxygens (including phenoxy) is 1. The summed E-state index contributed by atoms with van der Waals surface area (Å²) in [6.45, 7) is -1.61. The number of aryl methyl sites for hydroxylation is 2. The van der Waals surface area contributed by atoms with E-state index in [0.717, 1.165) is 29.5 Å². The fraction of sp³-hybridized carbons (Fsp3) is 0.500. The van der Waals surface area contributed by atoms with E-state index < -0.39 is 12.8 Å². The molecule has 0 saturated carbocycles. The Hall–Kier alpha value is -0.920. The zero-order chi connectivity index (χ0) is 14.3. The molecule has 0 aromatic carbocycles. The average Bonchev–Trinajstić information content (AvgIpc) is 2.86. The molecule has 108 valence electrons. The van der Waals surface area contributed by atoms with Gasteiger partial charge >= 0.3 is 6.18 Å². The van der Waals surface area contributed by atoms with Crippen LogP contribution in [0.15, 0.2) is 0 Å². The van der Waals surface area contributed by atoms with Crippen molar-refractivity contribution >= 4 is 33.2 Å². The number of halogens is 4. The standard InChI is InChI=1S/C12H10ClF3N2OS/c13-10-9-6-2-1-3-7(6)20-11(9)18-8(17-10)4-19-5-12(14,15)16/h1-5H2. The Morgan fingerprint density at radius 2 is 2.05 bits per heavy atom. The summed E-state index contributed by atoms with van der Waals surface area (Å²) in [4.78, 5) is 10.3. The Morgan fingerprint density at radius 3 is 2.80 bits per heavy atom. The van der Waals surface area contributed by atoms with Gasteiger partial charge < -0.3 is 4.74 Å². The normalized spacial score (nSPS) is 15.0. The lowest BCUT2D eigenvalue weighted by atomic mass is 10.2. The average molecular weight is 323 g/mol. The topological polar surface area (TPSA) is 35.0 Å². The lowest BCUT2D eigenvalue weighted by molar-refractivity contribution is -0.177. The van der Waals surface area contributed by atoms with E-state index in [1.807, 2.05) is 0 Å². The quantitative estimate of drug-likeness (QED) is 0.804. The fourth-order valence-corrected chi connectivity index (χ4v) is 3.95. The number of rotatable bonds is 3. The Labute approximate surface area is 121 Å².